The summed E-state index contributed by atoms with van der Waals surface area (Å²) in [4.78, 5) is 8.44. The van der Waals surface area contributed by atoms with Gasteiger partial charge in [-0.05, 0) is 55.0 Å². The van der Waals surface area contributed by atoms with Crippen molar-refractivity contribution in [1.82, 2.24) is 19.1 Å². The summed E-state index contributed by atoms with van der Waals surface area (Å²) in [5.41, 5.74) is 3.14. The first-order valence-corrected chi connectivity index (χ1v) is 10.0. The molecular formula is C25H16F3N5. The number of alkyl halides is 3. The smallest absolute Gasteiger partial charge is 0.316 e. The van der Waals surface area contributed by atoms with Gasteiger partial charge in [-0.1, -0.05) is 6.07 Å². The molecule has 0 N–H and O–H groups in total. The van der Waals surface area contributed by atoms with Crippen molar-refractivity contribution in [2.45, 2.75) is 13.1 Å². The van der Waals surface area contributed by atoms with Crippen LogP contribution in [0, 0.1) is 18.3 Å². The number of fused-ring (bicyclic) bond motifs is 1. The van der Waals surface area contributed by atoms with E-state index in [1.54, 1.807) is 72.5 Å². The number of aryl methyl sites for hydroxylation is 1. The van der Waals surface area contributed by atoms with Crippen LogP contribution in [-0.4, -0.2) is 19.1 Å². The summed E-state index contributed by atoms with van der Waals surface area (Å²) in [7, 11) is 0. The van der Waals surface area contributed by atoms with Gasteiger partial charge in [-0.25, -0.2) is 4.98 Å². The van der Waals surface area contributed by atoms with Gasteiger partial charge in [0.15, 0.2) is 0 Å². The molecule has 0 atom stereocenters. The van der Waals surface area contributed by atoms with Crippen LogP contribution in [0.25, 0.3) is 33.5 Å². The molecule has 5 rings (SSSR count). The first-order chi connectivity index (χ1) is 15.9. The fraction of sp³-hybridized carbons (Fsp3) is 0.0800. The second-order valence-electron chi connectivity index (χ2n) is 7.60. The number of pyridine rings is 1. The third-order valence-electron chi connectivity index (χ3n) is 5.52. The molecule has 3 heterocycles. The van der Waals surface area contributed by atoms with Crippen molar-refractivity contribution < 1.29 is 13.2 Å². The third kappa shape index (κ3) is 3.53. The zero-order chi connectivity index (χ0) is 23.2. The Balaban J connectivity index is 1.75. The van der Waals surface area contributed by atoms with E-state index in [1.165, 1.54) is 10.9 Å². The highest BCUT2D eigenvalue weighted by atomic mass is 19.4. The molecule has 0 unspecified atom stereocenters. The summed E-state index contributed by atoms with van der Waals surface area (Å²) in [6, 6.07) is 15.6. The lowest BCUT2D eigenvalue weighted by molar-refractivity contribution is -0.136. The average Bonchev–Trinajstić information content (AvgIpc) is 3.45. The minimum atomic E-state index is -4.56. The maximum Gasteiger partial charge on any atom is 0.418 e. The Morgan fingerprint density at radius 2 is 1.85 bits per heavy atom. The molecule has 0 amide bonds. The molecule has 0 aliphatic rings. The van der Waals surface area contributed by atoms with Gasteiger partial charge < -0.3 is 9.13 Å². The minimum Gasteiger partial charge on any atom is -0.316 e. The van der Waals surface area contributed by atoms with Crippen LogP contribution in [-0.2, 0) is 6.18 Å². The molecule has 0 fully saturated rings. The lowest BCUT2D eigenvalue weighted by Gasteiger charge is -2.11. The van der Waals surface area contributed by atoms with E-state index in [1.807, 2.05) is 6.07 Å². The number of hydrogen-bond acceptors (Lipinski definition) is 3. The van der Waals surface area contributed by atoms with Crippen molar-refractivity contribution in [3.63, 3.8) is 0 Å². The number of rotatable bonds is 3. The highest BCUT2D eigenvalue weighted by Crippen LogP contribution is 2.40. The standard InChI is InChI=1S/C25H16F3N5/c1-16-10-17(11-29)7-8-21(16)33-13-19(25(26,27)28)24-22(5-2-6-23(24)33)32-14-20(31-15-32)18-4-3-9-30-12-18/h2-10,12-15H,1H3. The van der Waals surface area contributed by atoms with E-state index >= 15 is 0 Å². The third-order valence-corrected chi connectivity index (χ3v) is 5.52. The number of hydrogen-bond donors (Lipinski definition) is 0. The van der Waals surface area contributed by atoms with Crippen LogP contribution in [0.4, 0.5) is 13.2 Å². The number of aromatic nitrogens is 4. The van der Waals surface area contributed by atoms with Crippen LogP contribution in [0.1, 0.15) is 16.7 Å². The largest absolute Gasteiger partial charge is 0.418 e. The number of halogens is 3. The predicted molar refractivity (Wildman–Crippen MR) is 118 cm³/mol. The van der Waals surface area contributed by atoms with Gasteiger partial charge in [0.1, 0.15) is 0 Å². The molecule has 0 saturated heterocycles. The normalized spacial score (nSPS) is 11.6. The molecule has 8 heteroatoms. The van der Waals surface area contributed by atoms with Crippen molar-refractivity contribution in [2.75, 3.05) is 0 Å². The van der Waals surface area contributed by atoms with Crippen molar-refractivity contribution in [1.29, 1.82) is 5.26 Å². The first-order valence-electron chi connectivity index (χ1n) is 10.0. The summed E-state index contributed by atoms with van der Waals surface area (Å²) >= 11 is 0. The van der Waals surface area contributed by atoms with E-state index in [-0.39, 0.29) is 5.39 Å². The van der Waals surface area contributed by atoms with E-state index in [9.17, 15) is 13.2 Å². The highest BCUT2D eigenvalue weighted by molar-refractivity contribution is 5.94. The predicted octanol–water partition coefficient (Wildman–Crippen LogP) is 6.08. The minimum absolute atomic E-state index is 0.0731. The molecule has 0 aliphatic carbocycles. The van der Waals surface area contributed by atoms with Gasteiger partial charge in [0.25, 0.3) is 0 Å². The Kier molecular flexibility index (Phi) is 4.75. The second kappa shape index (κ2) is 7.64. The highest BCUT2D eigenvalue weighted by Gasteiger charge is 2.36. The molecule has 2 aromatic carbocycles. The SMILES string of the molecule is Cc1cc(C#N)ccc1-n1cc(C(F)(F)F)c2c(-n3cnc(-c4cccnc4)c3)cccc21. The van der Waals surface area contributed by atoms with Crippen LogP contribution in [0.5, 0.6) is 0 Å². The quantitative estimate of drug-likeness (QED) is 0.340. The van der Waals surface area contributed by atoms with E-state index in [2.05, 4.69) is 16.0 Å². The fourth-order valence-corrected chi connectivity index (χ4v) is 4.01. The Bertz CT molecular complexity index is 1520. The number of benzene rings is 2. The Morgan fingerprint density at radius 3 is 2.55 bits per heavy atom. The summed E-state index contributed by atoms with van der Waals surface area (Å²) in [5, 5.41) is 9.21. The van der Waals surface area contributed by atoms with Crippen LogP contribution < -0.4 is 0 Å². The molecule has 33 heavy (non-hydrogen) atoms. The monoisotopic (exact) mass is 443 g/mol. The number of nitrogens with zero attached hydrogens (tertiary/aromatic N) is 5. The lowest BCUT2D eigenvalue weighted by Crippen LogP contribution is -2.05. The van der Waals surface area contributed by atoms with Crippen LogP contribution >= 0.6 is 0 Å². The molecule has 0 saturated carbocycles. The maximum atomic E-state index is 14.1. The lowest BCUT2D eigenvalue weighted by atomic mass is 10.1. The van der Waals surface area contributed by atoms with Gasteiger partial charge in [-0.15, -0.1) is 0 Å². The zero-order valence-electron chi connectivity index (χ0n) is 17.4. The van der Waals surface area contributed by atoms with E-state index in [0.29, 0.717) is 33.7 Å². The van der Waals surface area contributed by atoms with Crippen molar-refractivity contribution in [3.8, 4) is 28.7 Å². The molecule has 162 valence electrons. The second-order valence-corrected chi connectivity index (χ2v) is 7.60. The van der Waals surface area contributed by atoms with E-state index < -0.39 is 11.7 Å². The van der Waals surface area contributed by atoms with Gasteiger partial charge in [-0.3, -0.25) is 4.98 Å². The molecule has 0 bridgehead atoms. The van der Waals surface area contributed by atoms with Crippen molar-refractivity contribution in [2.24, 2.45) is 0 Å². The van der Waals surface area contributed by atoms with Crippen LogP contribution in [0.3, 0.4) is 0 Å². The molecule has 0 radical (unpaired) electrons. The van der Waals surface area contributed by atoms with Crippen LogP contribution in [0.2, 0.25) is 0 Å². The molecule has 0 spiro atoms. The van der Waals surface area contributed by atoms with Gasteiger partial charge >= 0.3 is 6.18 Å². The van der Waals surface area contributed by atoms with Gasteiger partial charge in [0, 0.05) is 41.4 Å². The van der Waals surface area contributed by atoms with Crippen molar-refractivity contribution >= 4 is 10.9 Å². The van der Waals surface area contributed by atoms with Crippen LogP contribution in [0.15, 0.2) is 79.6 Å². The average molecular weight is 443 g/mol. The molecule has 3 aromatic heterocycles. The van der Waals surface area contributed by atoms with E-state index in [4.69, 9.17) is 5.26 Å². The Hall–Kier alpha value is -4.38. The van der Waals surface area contributed by atoms with E-state index in [0.717, 1.165) is 11.8 Å². The maximum absolute atomic E-state index is 14.1. The summed E-state index contributed by atoms with van der Waals surface area (Å²) in [6.45, 7) is 1.77. The first kappa shape index (κ1) is 20.5. The summed E-state index contributed by atoms with van der Waals surface area (Å²) < 4.78 is 45.5. The Morgan fingerprint density at radius 1 is 1.00 bits per heavy atom. The summed E-state index contributed by atoms with van der Waals surface area (Å²) in [5.74, 6) is 0. The molecule has 5 aromatic rings. The molecule has 0 aliphatic heterocycles. The van der Waals surface area contributed by atoms with Gasteiger partial charge in [0.05, 0.1) is 40.4 Å². The van der Waals surface area contributed by atoms with Crippen molar-refractivity contribution in [3.05, 3.63) is 96.3 Å². The molecule has 5 nitrogen and oxygen atoms in total. The summed E-state index contributed by atoms with van der Waals surface area (Å²) in [6.07, 6.45) is 3.04. The van der Waals surface area contributed by atoms with Gasteiger partial charge in [-0.2, -0.15) is 18.4 Å². The molecular weight excluding hydrogens is 427 g/mol. The topological polar surface area (TPSA) is 59.4 Å². The zero-order valence-corrected chi connectivity index (χ0v) is 17.4. The fourth-order valence-electron chi connectivity index (χ4n) is 4.01. The number of imidazole rings is 1. The Labute approximate surface area is 187 Å². The number of nitriles is 1. The van der Waals surface area contributed by atoms with Gasteiger partial charge in [0.2, 0.25) is 0 Å².